The maximum absolute atomic E-state index is 13.0. The van der Waals surface area contributed by atoms with E-state index in [0.717, 1.165) is 36.9 Å². The molecule has 14 nitrogen and oxygen atoms in total. The number of aryl methyl sites for hydroxylation is 1. The van der Waals surface area contributed by atoms with Crippen LogP contribution in [0.3, 0.4) is 0 Å². The Morgan fingerprint density at radius 1 is 1.00 bits per heavy atom. The van der Waals surface area contributed by atoms with Gasteiger partial charge in [0.1, 0.15) is 18.2 Å². The smallest absolute Gasteiger partial charge is 0.311 e. The number of fused-ring (bicyclic) bond motifs is 2. The number of rotatable bonds is 21. The van der Waals surface area contributed by atoms with Crippen molar-refractivity contribution in [1.29, 1.82) is 0 Å². The van der Waals surface area contributed by atoms with Gasteiger partial charge >= 0.3 is 5.97 Å². The molecule has 5 atom stereocenters. The molecule has 0 spiro atoms. The SMILES string of the molecule is C#C.C#CCOCCOCCOCCOCCN(c1nc(Cl)nc2c1cnn2C1CCC(CPO)O1)C1CCc2ccccc21.CCCC(=O)Oc1c(F)cc(F)cc1F.OP.[U]. The zero-order valence-corrected chi connectivity index (χ0v) is 42.0. The average molecular weight is 1160 g/mol. The first kappa shape index (κ1) is 56.2. The first-order chi connectivity index (χ1) is 30.2. The largest absolute Gasteiger partial charge is 0.420 e. The summed E-state index contributed by atoms with van der Waals surface area (Å²) in [6, 6.07) is 9.58. The van der Waals surface area contributed by atoms with Crippen molar-refractivity contribution in [3.8, 4) is 30.9 Å². The Kier molecular flexibility index (Phi) is 28.4. The Bertz CT molecular complexity index is 2010. The summed E-state index contributed by atoms with van der Waals surface area (Å²) in [4.78, 5) is 38.8. The molecule has 4 aromatic rings. The van der Waals surface area contributed by atoms with E-state index in [1.807, 2.05) is 0 Å². The van der Waals surface area contributed by atoms with Crippen molar-refractivity contribution in [3.63, 3.8) is 0 Å². The summed E-state index contributed by atoms with van der Waals surface area (Å²) in [5.74, 6) is -1.95. The van der Waals surface area contributed by atoms with Crippen molar-refractivity contribution in [2.75, 3.05) is 70.5 Å². The molecule has 1 fully saturated rings. The fraction of sp³-hybridized carbons (Fsp3) is 0.476. The van der Waals surface area contributed by atoms with Crippen LogP contribution in [0.25, 0.3) is 11.0 Å². The van der Waals surface area contributed by atoms with Crippen LogP contribution in [0.5, 0.6) is 5.75 Å². The molecule has 0 radical (unpaired) electrons. The van der Waals surface area contributed by atoms with Gasteiger partial charge in [-0.15, -0.1) is 19.3 Å². The second-order valence-electron chi connectivity index (χ2n) is 13.3. The van der Waals surface area contributed by atoms with Gasteiger partial charge in [-0.3, -0.25) is 4.79 Å². The fourth-order valence-electron chi connectivity index (χ4n) is 6.65. The van der Waals surface area contributed by atoms with Gasteiger partial charge in [-0.05, 0) is 64.3 Å². The van der Waals surface area contributed by atoms with Crippen molar-refractivity contribution in [1.82, 2.24) is 19.7 Å². The van der Waals surface area contributed by atoms with Crippen molar-refractivity contribution in [2.45, 2.75) is 63.8 Å². The molecule has 63 heavy (non-hydrogen) atoms. The molecule has 2 N–H and O–H groups in total. The van der Waals surface area contributed by atoms with Gasteiger partial charge in [0.25, 0.3) is 0 Å². The van der Waals surface area contributed by atoms with E-state index in [1.54, 1.807) is 17.8 Å². The molecular weight excluding hydrogens is 1110 g/mol. The van der Waals surface area contributed by atoms with E-state index in [2.05, 4.69) is 62.8 Å². The minimum atomic E-state index is -1.23. The van der Waals surface area contributed by atoms with Crippen molar-refractivity contribution >= 4 is 52.7 Å². The predicted molar refractivity (Wildman–Crippen MR) is 235 cm³/mol. The Hall–Kier alpha value is -2.91. The van der Waals surface area contributed by atoms with Gasteiger partial charge in [0.15, 0.2) is 23.5 Å². The third-order valence-corrected chi connectivity index (χ3v) is 10.1. The van der Waals surface area contributed by atoms with E-state index >= 15 is 0 Å². The zero-order chi connectivity index (χ0) is 45.3. The zero-order valence-electron chi connectivity index (χ0n) is 34.9. The first-order valence-corrected chi connectivity index (χ1v) is 21.7. The van der Waals surface area contributed by atoms with E-state index in [4.69, 9.17) is 51.6 Å². The number of benzene rings is 2. The minimum absolute atomic E-state index is 0. The number of ether oxygens (including phenoxy) is 6. The molecule has 342 valence electrons. The Morgan fingerprint density at radius 2 is 1.63 bits per heavy atom. The van der Waals surface area contributed by atoms with E-state index in [0.29, 0.717) is 89.8 Å². The number of carbonyl (C=O) groups is 1. The first-order valence-electron chi connectivity index (χ1n) is 19.7. The summed E-state index contributed by atoms with van der Waals surface area (Å²) in [6.07, 6.45) is 19.5. The molecule has 5 unspecified atom stereocenters. The van der Waals surface area contributed by atoms with Gasteiger partial charge in [0.05, 0.1) is 70.0 Å². The molecule has 2 aromatic carbocycles. The number of terminal acetylenes is 2. The topological polar surface area (TPSA) is 160 Å². The summed E-state index contributed by atoms with van der Waals surface area (Å²) >= 11 is 6.54. The average Bonchev–Trinajstić information content (AvgIpc) is 4.03. The number of hydrogen-bond acceptors (Lipinski definition) is 13. The standard InChI is InChI=1S/C30H39ClN5O6P.C10H9F3O2.C2H2.H3OP.U/c1-2-12-38-14-16-40-18-19-41-17-15-39-13-11-35(26-9-7-22-5-3-4-6-24(22)26)28-25-20-32-36(29(25)34-30(31)33-28)27-10-8-23(42-27)21-43-37;1-2-3-9(14)15-10-7(12)4-6(11)5-8(10)13;2*1-2;/h1,3-6,20,23,26-27,37,43H,7-19,21H2;4-5H,2-3H2,1H3;1-2H;1H,2H2;. The third-order valence-electron chi connectivity index (χ3n) is 9.24. The second kappa shape index (κ2) is 31.9. The Morgan fingerprint density at radius 3 is 2.27 bits per heavy atom. The molecule has 3 heterocycles. The number of carbonyl (C=O) groups excluding carboxylic acids is 1. The maximum atomic E-state index is 13.0. The van der Waals surface area contributed by atoms with Crippen molar-refractivity contribution in [3.05, 3.63) is 76.5 Å². The van der Waals surface area contributed by atoms with Gasteiger partial charge in [0.2, 0.25) is 11.0 Å². The van der Waals surface area contributed by atoms with Crippen LogP contribution < -0.4 is 9.64 Å². The summed E-state index contributed by atoms with van der Waals surface area (Å²) in [6.45, 7) is 5.97. The van der Waals surface area contributed by atoms with Crippen LogP contribution in [-0.2, 0) is 34.9 Å². The van der Waals surface area contributed by atoms with Crippen LogP contribution in [0.1, 0.15) is 62.4 Å². The number of anilines is 1. The number of esters is 1. The van der Waals surface area contributed by atoms with Crippen LogP contribution in [0, 0.1) is 73.8 Å². The van der Waals surface area contributed by atoms with Gasteiger partial charge in [0, 0.05) is 71.2 Å². The monoisotopic (exact) mass is 1160 g/mol. The molecule has 2 aliphatic rings. The van der Waals surface area contributed by atoms with E-state index in [1.165, 1.54) is 20.6 Å². The molecule has 0 amide bonds. The maximum Gasteiger partial charge on any atom is 0.311 e. The van der Waals surface area contributed by atoms with Crippen LogP contribution in [0.4, 0.5) is 19.0 Å². The molecular formula is C42H53ClF3N5O9P2U. The fourth-order valence-corrected chi connectivity index (χ4v) is 7.31. The number of hydrogen-bond donors (Lipinski definition) is 2. The van der Waals surface area contributed by atoms with Gasteiger partial charge in [-0.2, -0.15) is 15.1 Å². The second-order valence-corrected chi connectivity index (χ2v) is 14.3. The molecule has 1 saturated heterocycles. The third kappa shape index (κ3) is 17.8. The summed E-state index contributed by atoms with van der Waals surface area (Å²) in [7, 11) is 1.28. The van der Waals surface area contributed by atoms with Crippen LogP contribution >= 0.6 is 29.9 Å². The van der Waals surface area contributed by atoms with E-state index < -0.39 is 29.2 Å². The molecule has 6 rings (SSSR count). The summed E-state index contributed by atoms with van der Waals surface area (Å²) < 4.78 is 73.0. The Balaban J connectivity index is 0.000000575. The van der Waals surface area contributed by atoms with Crippen LogP contribution in [0.15, 0.2) is 42.6 Å². The molecule has 2 aromatic heterocycles. The normalized spacial score (nSPS) is 16.1. The van der Waals surface area contributed by atoms with E-state index in [-0.39, 0.29) is 70.0 Å². The Labute approximate surface area is 399 Å². The van der Waals surface area contributed by atoms with Gasteiger partial charge < -0.3 is 43.1 Å². The number of nitrogens with zero attached hydrogens (tertiary/aromatic N) is 5. The van der Waals surface area contributed by atoms with E-state index in [9.17, 15) is 22.9 Å². The molecule has 1 aliphatic carbocycles. The van der Waals surface area contributed by atoms with Crippen LogP contribution in [0.2, 0.25) is 5.28 Å². The summed E-state index contributed by atoms with van der Waals surface area (Å²) in [5, 5.41) is 5.64. The number of aromatic nitrogens is 4. The molecule has 1 aliphatic heterocycles. The molecule has 0 bridgehead atoms. The predicted octanol–water partition coefficient (Wildman–Crippen LogP) is 6.76. The van der Waals surface area contributed by atoms with Crippen LogP contribution in [-0.4, -0.2) is 107 Å². The summed E-state index contributed by atoms with van der Waals surface area (Å²) in [5.41, 5.74) is 3.28. The van der Waals surface area contributed by atoms with Crippen molar-refractivity contribution in [2.24, 2.45) is 0 Å². The molecule has 21 heteroatoms. The minimum Gasteiger partial charge on any atom is -0.420 e. The van der Waals surface area contributed by atoms with Gasteiger partial charge in [-0.25, -0.2) is 17.9 Å². The number of halogens is 4. The van der Waals surface area contributed by atoms with Gasteiger partial charge in [-0.1, -0.05) is 37.1 Å². The quantitative estimate of drug-likeness (QED) is 0.0225. The van der Waals surface area contributed by atoms with Crippen molar-refractivity contribution < 1.29 is 87.3 Å². The molecule has 0 saturated carbocycles.